The molecule has 0 fully saturated rings. The molecule has 2 N–H and O–H groups in total. The van der Waals surface area contributed by atoms with Crippen molar-refractivity contribution in [2.24, 2.45) is 5.10 Å². The molecular formula is C23H22N4O4. The summed E-state index contributed by atoms with van der Waals surface area (Å²) in [5.41, 5.74) is 5.72. The smallest absolute Gasteiger partial charge is 0.291 e. The molecule has 4 rings (SSSR count). The molecule has 1 aromatic carbocycles. The van der Waals surface area contributed by atoms with E-state index in [1.807, 2.05) is 19.1 Å². The van der Waals surface area contributed by atoms with Gasteiger partial charge in [-0.1, -0.05) is 12.1 Å². The van der Waals surface area contributed by atoms with Crippen molar-refractivity contribution in [3.05, 3.63) is 77.0 Å². The Morgan fingerprint density at radius 1 is 1.13 bits per heavy atom. The lowest BCUT2D eigenvalue weighted by Gasteiger charge is -2.13. The van der Waals surface area contributed by atoms with E-state index in [4.69, 9.17) is 9.15 Å². The number of aryl methyl sites for hydroxylation is 1. The first-order chi connectivity index (χ1) is 15.1. The fourth-order valence-corrected chi connectivity index (χ4v) is 3.60. The zero-order valence-corrected chi connectivity index (χ0v) is 17.3. The van der Waals surface area contributed by atoms with E-state index < -0.39 is 0 Å². The molecule has 8 heteroatoms. The number of hydrazone groups is 1. The van der Waals surface area contributed by atoms with Gasteiger partial charge in [-0.25, -0.2) is 5.43 Å². The van der Waals surface area contributed by atoms with Crippen molar-refractivity contribution in [2.45, 2.75) is 26.2 Å². The zero-order chi connectivity index (χ0) is 21.8. The van der Waals surface area contributed by atoms with Crippen LogP contribution in [0.15, 0.2) is 58.3 Å². The molecule has 8 nitrogen and oxygen atoms in total. The number of ether oxygens (including phenoxy) is 1. The highest BCUT2D eigenvalue weighted by Crippen LogP contribution is 2.31. The normalized spacial score (nSPS) is 14.1. The first kappa shape index (κ1) is 20.3. The van der Waals surface area contributed by atoms with Crippen molar-refractivity contribution >= 4 is 23.2 Å². The van der Waals surface area contributed by atoms with E-state index in [9.17, 15) is 9.59 Å². The Bertz CT molecular complexity index is 1150. The largest absolute Gasteiger partial charge is 0.495 e. The zero-order valence-electron chi connectivity index (χ0n) is 17.3. The Balaban J connectivity index is 1.58. The highest BCUT2D eigenvalue weighted by atomic mass is 16.5. The van der Waals surface area contributed by atoms with Crippen LogP contribution in [0.2, 0.25) is 0 Å². The van der Waals surface area contributed by atoms with Gasteiger partial charge in [0.1, 0.15) is 11.5 Å². The number of para-hydroxylation sites is 2. The fraction of sp³-hybridized carbons (Fsp3) is 0.217. The van der Waals surface area contributed by atoms with Crippen molar-refractivity contribution in [1.29, 1.82) is 0 Å². The maximum atomic E-state index is 12.9. The summed E-state index contributed by atoms with van der Waals surface area (Å²) in [5.74, 6) is 0.774. The molecule has 0 unspecified atom stereocenters. The Kier molecular flexibility index (Phi) is 5.79. The average Bonchev–Trinajstić information content (AvgIpc) is 3.15. The van der Waals surface area contributed by atoms with Crippen molar-refractivity contribution in [2.75, 3.05) is 12.4 Å². The number of hydrogen-bond donors (Lipinski definition) is 2. The number of aromatic nitrogens is 1. The number of nitrogens with zero attached hydrogens (tertiary/aromatic N) is 2. The molecule has 0 atom stereocenters. The molecule has 2 heterocycles. The molecule has 3 aromatic rings. The number of fused-ring (bicyclic) bond motifs is 1. The van der Waals surface area contributed by atoms with Gasteiger partial charge < -0.3 is 14.5 Å². The van der Waals surface area contributed by atoms with E-state index in [-0.39, 0.29) is 17.6 Å². The lowest BCUT2D eigenvalue weighted by atomic mass is 9.93. The highest BCUT2D eigenvalue weighted by Gasteiger charge is 2.28. The Hall–Kier alpha value is -3.94. The van der Waals surface area contributed by atoms with Gasteiger partial charge in [-0.2, -0.15) is 5.10 Å². The third-order valence-corrected chi connectivity index (χ3v) is 5.10. The number of rotatable bonds is 5. The van der Waals surface area contributed by atoms with Crippen LogP contribution >= 0.6 is 0 Å². The van der Waals surface area contributed by atoms with E-state index in [0.717, 1.165) is 12.0 Å². The number of amides is 2. The number of methoxy groups -OCH3 is 1. The summed E-state index contributed by atoms with van der Waals surface area (Å²) in [6.45, 7) is 1.82. The summed E-state index contributed by atoms with van der Waals surface area (Å²) in [6.07, 6.45) is 5.27. The average molecular weight is 418 g/mol. The van der Waals surface area contributed by atoms with E-state index >= 15 is 0 Å². The van der Waals surface area contributed by atoms with Crippen LogP contribution in [-0.2, 0) is 6.42 Å². The van der Waals surface area contributed by atoms with Gasteiger partial charge in [-0.05, 0) is 44.0 Å². The van der Waals surface area contributed by atoms with Gasteiger partial charge in [-0.15, -0.1) is 0 Å². The highest BCUT2D eigenvalue weighted by molar-refractivity contribution is 6.09. The Morgan fingerprint density at radius 3 is 2.74 bits per heavy atom. The number of furan rings is 1. The van der Waals surface area contributed by atoms with Crippen molar-refractivity contribution in [3.8, 4) is 5.75 Å². The summed E-state index contributed by atoms with van der Waals surface area (Å²) in [4.78, 5) is 29.1. The summed E-state index contributed by atoms with van der Waals surface area (Å²) >= 11 is 0. The lowest BCUT2D eigenvalue weighted by molar-refractivity contribution is 0.0953. The lowest BCUT2D eigenvalue weighted by Crippen LogP contribution is -2.22. The maximum absolute atomic E-state index is 12.9. The monoisotopic (exact) mass is 418 g/mol. The van der Waals surface area contributed by atoms with Crippen LogP contribution in [0.3, 0.4) is 0 Å². The number of nitrogens with one attached hydrogen (secondary N) is 2. The fourth-order valence-electron chi connectivity index (χ4n) is 3.60. The van der Waals surface area contributed by atoms with Gasteiger partial charge in [-0.3, -0.25) is 14.6 Å². The quantitative estimate of drug-likeness (QED) is 0.615. The molecule has 0 saturated carbocycles. The first-order valence-electron chi connectivity index (χ1n) is 9.92. The van der Waals surface area contributed by atoms with Gasteiger partial charge in [0.05, 0.1) is 24.1 Å². The Morgan fingerprint density at radius 2 is 1.97 bits per heavy atom. The third kappa shape index (κ3) is 4.18. The minimum Gasteiger partial charge on any atom is -0.495 e. The molecular weight excluding hydrogens is 396 g/mol. The molecule has 31 heavy (non-hydrogen) atoms. The summed E-state index contributed by atoms with van der Waals surface area (Å²) in [6, 6.07) is 10.5. The molecule has 0 bridgehead atoms. The van der Waals surface area contributed by atoms with E-state index in [1.165, 1.54) is 6.20 Å². The van der Waals surface area contributed by atoms with E-state index in [0.29, 0.717) is 46.9 Å². The second kappa shape index (κ2) is 8.83. The van der Waals surface area contributed by atoms with Crippen LogP contribution in [0, 0.1) is 6.92 Å². The second-order valence-corrected chi connectivity index (χ2v) is 7.10. The second-order valence-electron chi connectivity index (χ2n) is 7.10. The van der Waals surface area contributed by atoms with E-state index in [2.05, 4.69) is 20.8 Å². The van der Waals surface area contributed by atoms with Crippen LogP contribution in [-0.4, -0.2) is 29.6 Å². The summed E-state index contributed by atoms with van der Waals surface area (Å²) in [7, 11) is 1.55. The van der Waals surface area contributed by atoms with Crippen molar-refractivity contribution in [1.82, 2.24) is 10.4 Å². The topological polar surface area (TPSA) is 106 Å². The number of anilines is 1. The number of benzene rings is 1. The molecule has 1 aliphatic rings. The molecule has 1 aliphatic carbocycles. The van der Waals surface area contributed by atoms with Gasteiger partial charge >= 0.3 is 0 Å². The van der Waals surface area contributed by atoms with Crippen LogP contribution in [0.4, 0.5) is 5.69 Å². The number of carbonyl (C=O) groups excluding carboxylic acids is 2. The number of hydrogen-bond acceptors (Lipinski definition) is 6. The van der Waals surface area contributed by atoms with Crippen LogP contribution in [0.1, 0.15) is 50.6 Å². The predicted molar refractivity (Wildman–Crippen MR) is 116 cm³/mol. The maximum Gasteiger partial charge on any atom is 0.291 e. The molecule has 0 saturated heterocycles. The summed E-state index contributed by atoms with van der Waals surface area (Å²) < 4.78 is 11.2. The number of carbonyl (C=O) groups is 2. The molecule has 2 amide bonds. The van der Waals surface area contributed by atoms with Crippen LogP contribution in [0.25, 0.3) is 0 Å². The van der Waals surface area contributed by atoms with Crippen molar-refractivity contribution in [3.63, 3.8) is 0 Å². The van der Waals surface area contributed by atoms with Gasteiger partial charge in [0, 0.05) is 29.9 Å². The third-order valence-electron chi connectivity index (χ3n) is 5.10. The molecule has 0 aliphatic heterocycles. The standard InChI is InChI=1S/C23H22N4O4/c1-14-20-17(26-27-22(28)15-7-6-12-24-13-15)9-5-11-19(20)31-21(14)23(29)25-16-8-3-4-10-18(16)30-2/h3-4,6-8,10,12-13H,5,9,11H2,1-2H3,(H,25,29)(H,27,28)/b26-17+. The minimum absolute atomic E-state index is 0.226. The molecule has 2 aromatic heterocycles. The SMILES string of the molecule is COc1ccccc1NC(=O)c1oc2c(c1C)/C(=N/NC(=O)c1cccnc1)CCC2. The van der Waals surface area contributed by atoms with Crippen LogP contribution < -0.4 is 15.5 Å². The minimum atomic E-state index is -0.366. The molecule has 158 valence electrons. The summed E-state index contributed by atoms with van der Waals surface area (Å²) in [5, 5.41) is 7.16. The Labute approximate surface area is 179 Å². The molecule has 0 spiro atoms. The van der Waals surface area contributed by atoms with Crippen molar-refractivity contribution < 1.29 is 18.7 Å². The van der Waals surface area contributed by atoms with E-state index in [1.54, 1.807) is 37.6 Å². The van der Waals surface area contributed by atoms with Crippen LogP contribution in [0.5, 0.6) is 5.75 Å². The van der Waals surface area contributed by atoms with Gasteiger partial charge in [0.2, 0.25) is 0 Å². The van der Waals surface area contributed by atoms with Gasteiger partial charge in [0.25, 0.3) is 11.8 Å². The number of pyridine rings is 1. The molecule has 0 radical (unpaired) electrons. The van der Waals surface area contributed by atoms with Gasteiger partial charge in [0.15, 0.2) is 5.76 Å². The predicted octanol–water partition coefficient (Wildman–Crippen LogP) is 3.71. The first-order valence-corrected chi connectivity index (χ1v) is 9.92.